The van der Waals surface area contributed by atoms with Gasteiger partial charge in [-0.3, -0.25) is 14.5 Å². The predicted octanol–water partition coefficient (Wildman–Crippen LogP) is 7.22. The van der Waals surface area contributed by atoms with Crippen molar-refractivity contribution >= 4 is 34.4 Å². The van der Waals surface area contributed by atoms with Gasteiger partial charge in [0.25, 0.3) is 0 Å². The van der Waals surface area contributed by atoms with Gasteiger partial charge < -0.3 is 4.74 Å². The van der Waals surface area contributed by atoms with E-state index in [1.54, 1.807) is 4.90 Å². The highest BCUT2D eigenvalue weighted by Gasteiger charge is 2.32. The molecule has 0 bridgehead atoms. The van der Waals surface area contributed by atoms with Gasteiger partial charge >= 0.3 is 6.36 Å². The molecule has 0 radical (unpaired) electrons. The van der Waals surface area contributed by atoms with Crippen molar-refractivity contribution in [1.29, 1.82) is 0 Å². The van der Waals surface area contributed by atoms with Crippen LogP contribution in [0, 0.1) is 13.8 Å². The van der Waals surface area contributed by atoms with Crippen LogP contribution in [0.15, 0.2) is 78.0 Å². The second-order valence-electron chi connectivity index (χ2n) is 10.4. The quantitative estimate of drug-likeness (QED) is 0.174. The van der Waals surface area contributed by atoms with Gasteiger partial charge in [-0.05, 0) is 86.2 Å². The Bertz CT molecular complexity index is 1690. The molecule has 228 valence electrons. The molecule has 0 unspecified atom stereocenters. The molecule has 0 saturated carbocycles. The van der Waals surface area contributed by atoms with E-state index in [2.05, 4.69) is 19.8 Å². The first-order chi connectivity index (χ1) is 21.1. The number of hydrogen-bond donors (Lipinski definition) is 0. The van der Waals surface area contributed by atoms with Crippen molar-refractivity contribution < 1.29 is 27.5 Å². The van der Waals surface area contributed by atoms with E-state index in [1.807, 2.05) is 56.3 Å². The number of carbonyl (C=O) groups is 2. The number of benzene rings is 3. The number of carbonyl (C=O) groups excluding carboxylic acids is 2. The molecule has 1 saturated heterocycles. The number of hydrogen-bond acceptors (Lipinski definition) is 6. The second-order valence-corrected chi connectivity index (χ2v) is 11.4. The monoisotopic (exact) mass is 621 g/mol. The number of aliphatic imine (C=N–C) groups is 1. The number of anilines is 1. The van der Waals surface area contributed by atoms with Gasteiger partial charge in [0, 0.05) is 12.0 Å². The zero-order valence-electron chi connectivity index (χ0n) is 24.2. The minimum atomic E-state index is -4.75. The van der Waals surface area contributed by atoms with Gasteiger partial charge in [-0.25, -0.2) is 9.67 Å². The maximum absolute atomic E-state index is 12.6. The van der Waals surface area contributed by atoms with Crippen LogP contribution in [0.4, 0.5) is 18.9 Å². The summed E-state index contributed by atoms with van der Waals surface area (Å²) >= 11 is 1.29. The van der Waals surface area contributed by atoms with Gasteiger partial charge in [0.15, 0.2) is 11.0 Å². The fourth-order valence-electron chi connectivity index (χ4n) is 4.77. The van der Waals surface area contributed by atoms with Gasteiger partial charge in [-0.15, -0.1) is 18.3 Å². The van der Waals surface area contributed by atoms with Crippen molar-refractivity contribution in [3.8, 4) is 22.8 Å². The molecule has 1 aromatic heterocycles. The molecule has 5 rings (SSSR count). The highest BCUT2D eigenvalue weighted by molar-refractivity contribution is 8.15. The Kier molecular flexibility index (Phi) is 9.48. The van der Waals surface area contributed by atoms with E-state index >= 15 is 0 Å². The number of aryl methyl sites for hydroxylation is 3. The molecule has 44 heavy (non-hydrogen) atoms. The topological polar surface area (TPSA) is 89.7 Å². The number of halogens is 3. The summed E-state index contributed by atoms with van der Waals surface area (Å²) in [4.78, 5) is 35.4. The fraction of sp³-hybridized carbons (Fsp3) is 0.281. The second kappa shape index (κ2) is 13.5. The van der Waals surface area contributed by atoms with E-state index in [0.29, 0.717) is 29.5 Å². The third kappa shape index (κ3) is 7.93. The van der Waals surface area contributed by atoms with Crippen molar-refractivity contribution in [3.05, 3.63) is 89.7 Å². The van der Waals surface area contributed by atoms with Crippen LogP contribution in [-0.2, 0) is 16.0 Å². The SMILES string of the molecule is Cc1ccc(C)c(N2C(=O)CSC2=NC(=O)CCCCCc2cccc(-c3ncn(-c4ccc(OC(F)(F)F)cc4)n3)c2)c1. The average molecular weight is 622 g/mol. The van der Waals surface area contributed by atoms with Gasteiger partial charge in [0.1, 0.15) is 12.1 Å². The lowest BCUT2D eigenvalue weighted by atomic mass is 10.0. The normalized spacial score (nSPS) is 14.4. The first kappa shape index (κ1) is 31.0. The van der Waals surface area contributed by atoms with Crippen molar-refractivity contribution in [2.75, 3.05) is 10.7 Å². The molecule has 4 aromatic rings. The van der Waals surface area contributed by atoms with Crippen LogP contribution in [-0.4, -0.2) is 43.9 Å². The minimum absolute atomic E-state index is 0.0759. The Labute approximate surface area is 257 Å². The van der Waals surface area contributed by atoms with E-state index in [0.717, 1.165) is 47.2 Å². The molecule has 0 N–H and O–H groups in total. The molecule has 1 aliphatic heterocycles. The molecule has 1 fully saturated rings. The van der Waals surface area contributed by atoms with Crippen molar-refractivity contribution in [3.63, 3.8) is 0 Å². The number of amides is 2. The molecular weight excluding hydrogens is 591 g/mol. The molecular formula is C32H30F3N5O3S. The highest BCUT2D eigenvalue weighted by atomic mass is 32.2. The lowest BCUT2D eigenvalue weighted by Crippen LogP contribution is -2.30. The van der Waals surface area contributed by atoms with E-state index in [9.17, 15) is 22.8 Å². The van der Waals surface area contributed by atoms with Crippen LogP contribution in [0.3, 0.4) is 0 Å². The number of unbranched alkanes of at least 4 members (excludes halogenated alkanes) is 2. The minimum Gasteiger partial charge on any atom is -0.406 e. The number of ether oxygens (including phenoxy) is 1. The van der Waals surface area contributed by atoms with Crippen LogP contribution in [0.5, 0.6) is 5.75 Å². The molecule has 2 amide bonds. The lowest BCUT2D eigenvalue weighted by Gasteiger charge is -2.18. The summed E-state index contributed by atoms with van der Waals surface area (Å²) in [5.41, 5.74) is 5.22. The van der Waals surface area contributed by atoms with E-state index in [1.165, 1.54) is 47.0 Å². The van der Waals surface area contributed by atoms with Crippen LogP contribution in [0.2, 0.25) is 0 Å². The molecule has 3 aromatic carbocycles. The van der Waals surface area contributed by atoms with Gasteiger partial charge in [0.05, 0.1) is 17.1 Å². The molecule has 0 atom stereocenters. The third-order valence-corrected chi connectivity index (χ3v) is 7.88. The summed E-state index contributed by atoms with van der Waals surface area (Å²) in [6, 6.07) is 19.1. The van der Waals surface area contributed by atoms with Crippen LogP contribution in [0.1, 0.15) is 42.4 Å². The fourth-order valence-corrected chi connectivity index (χ4v) is 5.65. The summed E-state index contributed by atoms with van der Waals surface area (Å²) in [7, 11) is 0. The maximum atomic E-state index is 12.6. The van der Waals surface area contributed by atoms with E-state index < -0.39 is 6.36 Å². The highest BCUT2D eigenvalue weighted by Crippen LogP contribution is 2.30. The zero-order chi connectivity index (χ0) is 31.3. The number of nitrogens with zero attached hydrogens (tertiary/aromatic N) is 5. The first-order valence-corrected chi connectivity index (χ1v) is 15.1. The standard InChI is InChI=1S/C32H30F3N5O3S/c1-21-11-12-22(2)27(17-21)40-29(42)19-44-31(40)37-28(41)10-5-3-4-7-23-8-6-9-24(18-23)30-36-20-39(38-30)25-13-15-26(16-14-25)43-32(33,34)35/h6,8-9,11-18,20H,3-5,7,10,19H2,1-2H3. The van der Waals surface area contributed by atoms with Crippen molar-refractivity contribution in [2.24, 2.45) is 4.99 Å². The number of amidine groups is 1. The van der Waals surface area contributed by atoms with E-state index in [-0.39, 0.29) is 23.3 Å². The molecule has 2 heterocycles. The van der Waals surface area contributed by atoms with Crippen LogP contribution < -0.4 is 9.64 Å². The molecule has 8 nitrogen and oxygen atoms in total. The maximum Gasteiger partial charge on any atom is 0.573 e. The number of alkyl halides is 3. The van der Waals surface area contributed by atoms with Gasteiger partial charge in [-0.1, -0.05) is 48.5 Å². The molecule has 0 spiro atoms. The predicted molar refractivity (Wildman–Crippen MR) is 164 cm³/mol. The third-order valence-electron chi connectivity index (χ3n) is 6.96. The zero-order valence-corrected chi connectivity index (χ0v) is 25.0. The number of aromatic nitrogens is 3. The summed E-state index contributed by atoms with van der Waals surface area (Å²) in [6.45, 7) is 3.90. The smallest absolute Gasteiger partial charge is 0.406 e. The Balaban J connectivity index is 1.11. The van der Waals surface area contributed by atoms with Crippen LogP contribution >= 0.6 is 11.8 Å². The van der Waals surface area contributed by atoms with E-state index in [4.69, 9.17) is 0 Å². The summed E-state index contributed by atoms with van der Waals surface area (Å²) in [6.07, 6.45) is 0.282. The summed E-state index contributed by atoms with van der Waals surface area (Å²) in [5.74, 6) is 0.139. The van der Waals surface area contributed by atoms with Gasteiger partial charge in [-0.2, -0.15) is 4.99 Å². The van der Waals surface area contributed by atoms with Gasteiger partial charge in [0.2, 0.25) is 11.8 Å². The molecule has 12 heteroatoms. The van der Waals surface area contributed by atoms with Crippen molar-refractivity contribution in [1.82, 2.24) is 14.8 Å². The van der Waals surface area contributed by atoms with Crippen LogP contribution in [0.25, 0.3) is 17.1 Å². The largest absolute Gasteiger partial charge is 0.573 e. The Morgan fingerprint density at radius 3 is 2.59 bits per heavy atom. The number of rotatable bonds is 10. The Morgan fingerprint density at radius 2 is 1.82 bits per heavy atom. The average Bonchev–Trinajstić information content (AvgIpc) is 3.61. The first-order valence-electron chi connectivity index (χ1n) is 14.1. The lowest BCUT2D eigenvalue weighted by molar-refractivity contribution is -0.274. The summed E-state index contributed by atoms with van der Waals surface area (Å²) < 4.78 is 42.7. The molecule has 1 aliphatic rings. The Morgan fingerprint density at radius 1 is 1.02 bits per heavy atom. The Hall–Kier alpha value is -4.45. The number of thioether (sulfide) groups is 1. The molecule has 0 aliphatic carbocycles. The summed E-state index contributed by atoms with van der Waals surface area (Å²) in [5, 5.41) is 4.91. The van der Waals surface area contributed by atoms with Crippen molar-refractivity contribution in [2.45, 2.75) is 52.3 Å².